The van der Waals surface area contributed by atoms with Crippen LogP contribution in [0, 0.1) is 0 Å². The highest BCUT2D eigenvalue weighted by Crippen LogP contribution is 2.41. The number of benzene rings is 1. The summed E-state index contributed by atoms with van der Waals surface area (Å²) < 4.78 is 39.4. The van der Waals surface area contributed by atoms with Crippen molar-refractivity contribution in [3.8, 4) is 0 Å². The van der Waals surface area contributed by atoms with E-state index in [-0.39, 0.29) is 17.2 Å². The largest absolute Gasteiger partial charge is 0.416 e. The Bertz CT molecular complexity index is 514. The molecule has 0 bridgehead atoms. The quantitative estimate of drug-likeness (QED) is 0.847. The van der Waals surface area contributed by atoms with Gasteiger partial charge in [0.25, 0.3) is 0 Å². The Morgan fingerprint density at radius 3 is 2.75 bits per heavy atom. The van der Waals surface area contributed by atoms with E-state index in [0.29, 0.717) is 19.4 Å². The molecule has 0 radical (unpaired) electrons. The molecular weight excluding hydrogens is 269 g/mol. The normalized spacial score (nSPS) is 19.4. The summed E-state index contributed by atoms with van der Waals surface area (Å²) in [5.41, 5.74) is 4.95. The van der Waals surface area contributed by atoms with Crippen molar-refractivity contribution in [3.05, 3.63) is 29.3 Å². The smallest absolute Gasteiger partial charge is 0.399 e. The third kappa shape index (κ3) is 2.73. The Morgan fingerprint density at radius 2 is 2.15 bits per heavy atom. The van der Waals surface area contributed by atoms with Gasteiger partial charge < -0.3 is 10.6 Å². The van der Waals surface area contributed by atoms with Crippen molar-refractivity contribution in [3.63, 3.8) is 0 Å². The minimum atomic E-state index is -4.46. The highest BCUT2D eigenvalue weighted by atomic mass is 19.4. The molecule has 2 rings (SSSR count). The number of halogens is 3. The van der Waals surface area contributed by atoms with Crippen LogP contribution in [0.4, 0.5) is 18.9 Å². The van der Waals surface area contributed by atoms with E-state index in [1.165, 1.54) is 12.1 Å². The molecule has 3 nitrogen and oxygen atoms in total. The maximum absolute atomic E-state index is 13.1. The molecule has 0 aromatic heterocycles. The van der Waals surface area contributed by atoms with E-state index in [1.807, 2.05) is 0 Å². The Kier molecular flexibility index (Phi) is 3.92. The number of nitrogens with two attached hydrogens (primary N) is 1. The Hall–Kier alpha value is -1.72. The van der Waals surface area contributed by atoms with E-state index in [0.717, 1.165) is 12.5 Å². The lowest BCUT2D eigenvalue weighted by molar-refractivity contribution is -0.140. The zero-order valence-corrected chi connectivity index (χ0v) is 11.2. The zero-order chi connectivity index (χ0) is 14.9. The monoisotopic (exact) mass is 286 g/mol. The van der Waals surface area contributed by atoms with Gasteiger partial charge in [0.2, 0.25) is 5.91 Å². The number of hydrogen-bond donors (Lipinski definition) is 1. The van der Waals surface area contributed by atoms with Gasteiger partial charge >= 0.3 is 6.18 Å². The van der Waals surface area contributed by atoms with Gasteiger partial charge in [0.1, 0.15) is 0 Å². The molecule has 6 heteroatoms. The number of hydrogen-bond acceptors (Lipinski definition) is 2. The standard InChI is InChI=1S/C14H17F3N2O/c1-2-13(20)19-7-3-4-12(19)10-6-5-9(18)8-11(10)14(15,16)17/h5-6,8,12H,2-4,7,18H2,1H3. The third-order valence-corrected chi connectivity index (χ3v) is 3.62. The predicted octanol–water partition coefficient (Wildman–Crippen LogP) is 3.36. The van der Waals surface area contributed by atoms with Crippen LogP contribution in [0.2, 0.25) is 0 Å². The van der Waals surface area contributed by atoms with Crippen LogP contribution >= 0.6 is 0 Å². The van der Waals surface area contributed by atoms with Gasteiger partial charge in [0, 0.05) is 18.7 Å². The molecule has 0 spiro atoms. The van der Waals surface area contributed by atoms with Crippen LogP contribution in [0.15, 0.2) is 18.2 Å². The average molecular weight is 286 g/mol. The fourth-order valence-electron chi connectivity index (χ4n) is 2.70. The number of amides is 1. The second-order valence-corrected chi connectivity index (χ2v) is 4.94. The van der Waals surface area contributed by atoms with Gasteiger partial charge in [0.05, 0.1) is 11.6 Å². The number of rotatable bonds is 2. The molecule has 1 heterocycles. The molecule has 1 saturated heterocycles. The van der Waals surface area contributed by atoms with Gasteiger partial charge in [-0.2, -0.15) is 13.2 Å². The van der Waals surface area contributed by atoms with E-state index in [9.17, 15) is 18.0 Å². The highest BCUT2D eigenvalue weighted by molar-refractivity contribution is 5.76. The molecule has 1 aromatic carbocycles. The number of likely N-dealkylation sites (tertiary alicyclic amines) is 1. The van der Waals surface area contributed by atoms with Crippen molar-refractivity contribution in [1.29, 1.82) is 0 Å². The van der Waals surface area contributed by atoms with Crippen molar-refractivity contribution in [1.82, 2.24) is 4.90 Å². The fraction of sp³-hybridized carbons (Fsp3) is 0.500. The topological polar surface area (TPSA) is 46.3 Å². The molecule has 1 atom stereocenters. The average Bonchev–Trinajstić information content (AvgIpc) is 2.85. The number of nitrogens with zero attached hydrogens (tertiary/aromatic N) is 1. The third-order valence-electron chi connectivity index (χ3n) is 3.62. The molecule has 2 N–H and O–H groups in total. The lowest BCUT2D eigenvalue weighted by Crippen LogP contribution is -2.31. The summed E-state index contributed by atoms with van der Waals surface area (Å²) in [6, 6.07) is 3.30. The Balaban J connectivity index is 2.44. The first-order valence-electron chi connectivity index (χ1n) is 6.60. The molecular formula is C14H17F3N2O. The first-order chi connectivity index (χ1) is 9.34. The highest BCUT2D eigenvalue weighted by Gasteiger charge is 2.38. The first-order valence-corrected chi connectivity index (χ1v) is 6.60. The fourth-order valence-corrected chi connectivity index (χ4v) is 2.70. The van der Waals surface area contributed by atoms with Gasteiger partial charge in [-0.15, -0.1) is 0 Å². The molecule has 110 valence electrons. The van der Waals surface area contributed by atoms with E-state index < -0.39 is 17.8 Å². The molecule has 20 heavy (non-hydrogen) atoms. The van der Waals surface area contributed by atoms with Crippen LogP contribution in [0.1, 0.15) is 43.4 Å². The second kappa shape index (κ2) is 5.34. The summed E-state index contributed by atoms with van der Waals surface area (Å²) in [5, 5.41) is 0. The van der Waals surface area contributed by atoms with Gasteiger partial charge in [-0.1, -0.05) is 13.0 Å². The van der Waals surface area contributed by atoms with Crippen LogP contribution in [0.5, 0.6) is 0 Å². The summed E-state index contributed by atoms with van der Waals surface area (Å²) in [5.74, 6) is -0.113. The van der Waals surface area contributed by atoms with Crippen LogP contribution in [0.25, 0.3) is 0 Å². The van der Waals surface area contributed by atoms with Crippen LogP contribution < -0.4 is 5.73 Å². The number of nitrogen functional groups attached to an aromatic ring is 1. The number of carbonyl (C=O) groups excluding carboxylic acids is 1. The molecule has 0 saturated carbocycles. The predicted molar refractivity (Wildman–Crippen MR) is 69.8 cm³/mol. The van der Waals surface area contributed by atoms with Gasteiger partial charge in [-0.3, -0.25) is 4.79 Å². The number of carbonyl (C=O) groups is 1. The van der Waals surface area contributed by atoms with Gasteiger partial charge in [-0.05, 0) is 30.5 Å². The van der Waals surface area contributed by atoms with Crippen molar-refractivity contribution in [2.45, 2.75) is 38.4 Å². The van der Waals surface area contributed by atoms with Gasteiger partial charge in [0.15, 0.2) is 0 Å². The van der Waals surface area contributed by atoms with Crippen LogP contribution in [-0.4, -0.2) is 17.4 Å². The summed E-state index contributed by atoms with van der Waals surface area (Å²) in [6.07, 6.45) is -2.89. The number of alkyl halides is 3. The molecule has 0 aliphatic carbocycles. The van der Waals surface area contributed by atoms with Crippen molar-refractivity contribution in [2.24, 2.45) is 0 Å². The van der Waals surface area contributed by atoms with E-state index in [4.69, 9.17) is 5.73 Å². The minimum Gasteiger partial charge on any atom is -0.399 e. The Labute approximate surface area is 115 Å². The Morgan fingerprint density at radius 1 is 1.45 bits per heavy atom. The number of anilines is 1. The summed E-state index contributed by atoms with van der Waals surface area (Å²) in [7, 11) is 0. The van der Waals surface area contributed by atoms with Crippen molar-refractivity contribution < 1.29 is 18.0 Å². The molecule has 1 fully saturated rings. The van der Waals surface area contributed by atoms with Gasteiger partial charge in [-0.25, -0.2) is 0 Å². The lowest BCUT2D eigenvalue weighted by Gasteiger charge is -2.27. The van der Waals surface area contributed by atoms with E-state index in [2.05, 4.69) is 0 Å². The van der Waals surface area contributed by atoms with E-state index in [1.54, 1.807) is 11.8 Å². The maximum Gasteiger partial charge on any atom is 0.416 e. The van der Waals surface area contributed by atoms with Crippen LogP contribution in [-0.2, 0) is 11.0 Å². The summed E-state index contributed by atoms with van der Waals surface area (Å²) in [6.45, 7) is 2.23. The SMILES string of the molecule is CCC(=O)N1CCCC1c1ccc(N)cc1C(F)(F)F. The molecule has 1 aromatic rings. The molecule has 1 aliphatic rings. The van der Waals surface area contributed by atoms with Crippen molar-refractivity contribution in [2.75, 3.05) is 12.3 Å². The second-order valence-electron chi connectivity index (χ2n) is 4.94. The minimum absolute atomic E-state index is 0.0763. The zero-order valence-electron chi connectivity index (χ0n) is 11.2. The van der Waals surface area contributed by atoms with Crippen LogP contribution in [0.3, 0.4) is 0 Å². The summed E-state index contributed by atoms with van der Waals surface area (Å²) in [4.78, 5) is 13.4. The molecule has 1 aliphatic heterocycles. The lowest BCUT2D eigenvalue weighted by atomic mass is 9.97. The maximum atomic E-state index is 13.1. The first kappa shape index (κ1) is 14.7. The summed E-state index contributed by atoms with van der Waals surface area (Å²) >= 11 is 0. The molecule has 1 amide bonds. The molecule has 1 unspecified atom stereocenters. The van der Waals surface area contributed by atoms with Crippen molar-refractivity contribution >= 4 is 11.6 Å². The van der Waals surface area contributed by atoms with E-state index >= 15 is 0 Å².